The Morgan fingerprint density at radius 1 is 1.20 bits per heavy atom. The van der Waals surface area contributed by atoms with Gasteiger partial charge < -0.3 is 19.5 Å². The van der Waals surface area contributed by atoms with Gasteiger partial charge in [-0.3, -0.25) is 9.69 Å². The highest BCUT2D eigenvalue weighted by Crippen LogP contribution is 2.28. The SMILES string of the molecule is COc1ccc(CCNC(=O)C(C)N2CCOC(c3ccc(Br)cc3)C2)cc1OC. The number of rotatable bonds is 8. The molecule has 2 aromatic rings. The number of nitrogens with one attached hydrogen (secondary N) is 1. The third-order valence-corrected chi connectivity index (χ3v) is 5.96. The molecule has 0 aliphatic carbocycles. The summed E-state index contributed by atoms with van der Waals surface area (Å²) in [6.45, 7) is 4.59. The summed E-state index contributed by atoms with van der Waals surface area (Å²) in [5.41, 5.74) is 2.21. The Hall–Kier alpha value is -2.09. The molecule has 30 heavy (non-hydrogen) atoms. The summed E-state index contributed by atoms with van der Waals surface area (Å²) in [6, 6.07) is 13.8. The number of halogens is 1. The summed E-state index contributed by atoms with van der Waals surface area (Å²) < 4.78 is 17.6. The van der Waals surface area contributed by atoms with Crippen LogP contribution < -0.4 is 14.8 Å². The quantitative estimate of drug-likeness (QED) is 0.630. The molecule has 0 radical (unpaired) electrons. The van der Waals surface area contributed by atoms with Crippen LogP contribution in [0.25, 0.3) is 0 Å². The van der Waals surface area contributed by atoms with E-state index in [-0.39, 0.29) is 18.1 Å². The molecule has 7 heteroatoms. The molecule has 2 unspecified atom stereocenters. The number of carbonyl (C=O) groups excluding carboxylic acids is 1. The van der Waals surface area contributed by atoms with Crippen LogP contribution >= 0.6 is 15.9 Å². The van der Waals surface area contributed by atoms with E-state index >= 15 is 0 Å². The summed E-state index contributed by atoms with van der Waals surface area (Å²) in [6.07, 6.45) is 0.706. The van der Waals surface area contributed by atoms with Gasteiger partial charge in [0.15, 0.2) is 11.5 Å². The summed E-state index contributed by atoms with van der Waals surface area (Å²) >= 11 is 3.46. The van der Waals surface area contributed by atoms with Gasteiger partial charge >= 0.3 is 0 Å². The van der Waals surface area contributed by atoms with Gasteiger partial charge in [0, 0.05) is 24.1 Å². The van der Waals surface area contributed by atoms with Crippen molar-refractivity contribution in [2.75, 3.05) is 40.5 Å². The predicted molar refractivity (Wildman–Crippen MR) is 120 cm³/mol. The van der Waals surface area contributed by atoms with Crippen LogP contribution in [0.2, 0.25) is 0 Å². The summed E-state index contributed by atoms with van der Waals surface area (Å²) in [5.74, 6) is 1.43. The number of methoxy groups -OCH3 is 2. The Kier molecular flexibility index (Phi) is 8.13. The van der Waals surface area contributed by atoms with Crippen LogP contribution in [0.1, 0.15) is 24.2 Å². The first-order valence-electron chi connectivity index (χ1n) is 10.1. The molecule has 162 valence electrons. The normalized spacial score (nSPS) is 17.9. The molecule has 0 aromatic heterocycles. The number of morpholine rings is 1. The highest BCUT2D eigenvalue weighted by atomic mass is 79.9. The van der Waals surface area contributed by atoms with Gasteiger partial charge in [-0.05, 0) is 48.7 Å². The largest absolute Gasteiger partial charge is 0.493 e. The van der Waals surface area contributed by atoms with E-state index in [0.29, 0.717) is 31.2 Å². The summed E-state index contributed by atoms with van der Waals surface area (Å²) in [5, 5.41) is 3.06. The summed E-state index contributed by atoms with van der Waals surface area (Å²) in [4.78, 5) is 14.9. The molecule has 2 aromatic carbocycles. The van der Waals surface area contributed by atoms with Gasteiger partial charge in [-0.1, -0.05) is 34.1 Å². The maximum atomic E-state index is 12.7. The van der Waals surface area contributed by atoms with Crippen LogP contribution in [-0.2, 0) is 16.0 Å². The maximum absolute atomic E-state index is 12.7. The topological polar surface area (TPSA) is 60.0 Å². The van der Waals surface area contributed by atoms with E-state index < -0.39 is 0 Å². The van der Waals surface area contributed by atoms with Crippen molar-refractivity contribution in [1.29, 1.82) is 0 Å². The number of benzene rings is 2. The zero-order valence-electron chi connectivity index (χ0n) is 17.7. The van der Waals surface area contributed by atoms with Crippen LogP contribution in [0.3, 0.4) is 0 Å². The number of nitrogens with zero attached hydrogens (tertiary/aromatic N) is 1. The first-order chi connectivity index (χ1) is 14.5. The third kappa shape index (κ3) is 5.74. The molecule has 2 atom stereocenters. The van der Waals surface area contributed by atoms with Crippen molar-refractivity contribution < 1.29 is 19.0 Å². The fraction of sp³-hybridized carbons (Fsp3) is 0.435. The second kappa shape index (κ2) is 10.8. The van der Waals surface area contributed by atoms with Gasteiger partial charge in [0.25, 0.3) is 0 Å². The molecule has 1 saturated heterocycles. The lowest BCUT2D eigenvalue weighted by Gasteiger charge is -2.36. The van der Waals surface area contributed by atoms with Gasteiger partial charge in [0.1, 0.15) is 0 Å². The van der Waals surface area contributed by atoms with Crippen molar-refractivity contribution in [3.63, 3.8) is 0 Å². The van der Waals surface area contributed by atoms with Crippen molar-refractivity contribution >= 4 is 21.8 Å². The molecule has 3 rings (SSSR count). The van der Waals surface area contributed by atoms with Gasteiger partial charge in [0.2, 0.25) is 5.91 Å². The van der Waals surface area contributed by atoms with E-state index in [4.69, 9.17) is 14.2 Å². The molecule has 6 nitrogen and oxygen atoms in total. The van der Waals surface area contributed by atoms with Crippen LogP contribution in [-0.4, -0.2) is 57.3 Å². The lowest BCUT2D eigenvalue weighted by molar-refractivity contribution is -0.129. The van der Waals surface area contributed by atoms with E-state index in [2.05, 4.69) is 38.3 Å². The number of carbonyl (C=O) groups is 1. The smallest absolute Gasteiger partial charge is 0.237 e. The molecule has 1 fully saturated rings. The van der Waals surface area contributed by atoms with Gasteiger partial charge in [-0.2, -0.15) is 0 Å². The van der Waals surface area contributed by atoms with Crippen LogP contribution in [0.5, 0.6) is 11.5 Å². The minimum atomic E-state index is -0.211. The van der Waals surface area contributed by atoms with Crippen molar-refractivity contribution in [3.05, 3.63) is 58.1 Å². The van der Waals surface area contributed by atoms with Crippen LogP contribution in [0, 0.1) is 0 Å². The van der Waals surface area contributed by atoms with Crippen molar-refractivity contribution in [1.82, 2.24) is 10.2 Å². The molecule has 1 amide bonds. The number of hydrogen-bond acceptors (Lipinski definition) is 5. The molecule has 1 N–H and O–H groups in total. The second-order valence-corrected chi connectivity index (χ2v) is 8.23. The fourth-order valence-electron chi connectivity index (χ4n) is 3.58. The average molecular weight is 477 g/mol. The first-order valence-corrected chi connectivity index (χ1v) is 10.9. The third-order valence-electron chi connectivity index (χ3n) is 5.43. The van der Waals surface area contributed by atoms with Crippen molar-refractivity contribution in [3.8, 4) is 11.5 Å². The van der Waals surface area contributed by atoms with Gasteiger partial charge in [0.05, 0.1) is 33.0 Å². The van der Waals surface area contributed by atoms with Gasteiger partial charge in [-0.15, -0.1) is 0 Å². The minimum absolute atomic E-state index is 0.0196. The van der Waals surface area contributed by atoms with Gasteiger partial charge in [-0.25, -0.2) is 0 Å². The molecule has 1 heterocycles. The Morgan fingerprint density at radius 2 is 1.93 bits per heavy atom. The van der Waals surface area contributed by atoms with E-state index in [0.717, 1.165) is 28.6 Å². The number of hydrogen-bond donors (Lipinski definition) is 1. The zero-order chi connectivity index (χ0) is 21.5. The molecule has 0 spiro atoms. The molecule has 0 bridgehead atoms. The maximum Gasteiger partial charge on any atom is 0.237 e. The zero-order valence-corrected chi connectivity index (χ0v) is 19.3. The lowest BCUT2D eigenvalue weighted by Crippen LogP contribution is -2.50. The fourth-order valence-corrected chi connectivity index (χ4v) is 3.84. The van der Waals surface area contributed by atoms with Crippen molar-refractivity contribution in [2.24, 2.45) is 0 Å². The van der Waals surface area contributed by atoms with E-state index in [1.165, 1.54) is 0 Å². The average Bonchev–Trinajstić information content (AvgIpc) is 2.78. The molecular formula is C23H29BrN2O4. The lowest BCUT2D eigenvalue weighted by atomic mass is 10.1. The Morgan fingerprint density at radius 3 is 2.63 bits per heavy atom. The Balaban J connectivity index is 1.51. The monoisotopic (exact) mass is 476 g/mol. The number of amides is 1. The van der Waals surface area contributed by atoms with Crippen LogP contribution in [0.15, 0.2) is 46.9 Å². The predicted octanol–water partition coefficient (Wildman–Crippen LogP) is 3.59. The highest BCUT2D eigenvalue weighted by Gasteiger charge is 2.28. The Labute approximate surface area is 186 Å². The second-order valence-electron chi connectivity index (χ2n) is 7.31. The molecular weight excluding hydrogens is 448 g/mol. The molecule has 1 aliphatic rings. The highest BCUT2D eigenvalue weighted by molar-refractivity contribution is 9.10. The van der Waals surface area contributed by atoms with Crippen molar-refractivity contribution in [2.45, 2.75) is 25.5 Å². The number of ether oxygens (including phenoxy) is 3. The molecule has 1 aliphatic heterocycles. The minimum Gasteiger partial charge on any atom is -0.493 e. The van der Waals surface area contributed by atoms with Crippen LogP contribution in [0.4, 0.5) is 0 Å². The summed E-state index contributed by atoms with van der Waals surface area (Å²) in [7, 11) is 3.24. The van der Waals surface area contributed by atoms with E-state index in [1.54, 1.807) is 14.2 Å². The Bertz CT molecular complexity index is 844. The van der Waals surface area contributed by atoms with E-state index in [9.17, 15) is 4.79 Å². The first kappa shape index (κ1) is 22.6. The van der Waals surface area contributed by atoms with E-state index in [1.807, 2.05) is 37.3 Å². The molecule has 0 saturated carbocycles. The standard InChI is InChI=1S/C23H29BrN2O4/c1-16(26-12-13-30-22(15-26)18-5-7-19(24)8-6-18)23(27)25-11-10-17-4-9-20(28-2)21(14-17)29-3/h4-9,14,16,22H,10-13,15H2,1-3H3,(H,25,27).